The van der Waals surface area contributed by atoms with E-state index in [2.05, 4.69) is 9.97 Å². The first kappa shape index (κ1) is 16.0. The second-order valence-electron chi connectivity index (χ2n) is 6.32. The van der Waals surface area contributed by atoms with Crippen molar-refractivity contribution in [1.82, 2.24) is 19.1 Å². The van der Waals surface area contributed by atoms with Crippen molar-refractivity contribution >= 4 is 11.2 Å². The number of aromatic nitrogens is 4. The molecule has 3 rings (SSSR count). The number of hydrogen-bond donors (Lipinski definition) is 1. The molecule has 0 aliphatic heterocycles. The summed E-state index contributed by atoms with van der Waals surface area (Å²) in [5, 5.41) is 0. The van der Waals surface area contributed by atoms with E-state index in [0.717, 1.165) is 12.8 Å². The lowest BCUT2D eigenvalue weighted by Gasteiger charge is -2.09. The van der Waals surface area contributed by atoms with Crippen molar-refractivity contribution < 1.29 is 4.39 Å². The Balaban J connectivity index is 2.19. The fourth-order valence-electron chi connectivity index (χ4n) is 3.40. The van der Waals surface area contributed by atoms with Crippen LogP contribution in [0, 0.1) is 0 Å². The Morgan fingerprint density at radius 1 is 1.17 bits per heavy atom. The lowest BCUT2D eigenvalue weighted by atomic mass is 10.1. The third-order valence-corrected chi connectivity index (χ3v) is 4.53. The SMILES string of the molecule is CCCn1c(=O)c2[nH]c(C3CCC(F)C3)nc2n(CCC)c1=O. The summed E-state index contributed by atoms with van der Waals surface area (Å²) in [6.45, 7) is 4.81. The molecule has 2 heterocycles. The van der Waals surface area contributed by atoms with Crippen LogP contribution >= 0.6 is 0 Å². The summed E-state index contributed by atoms with van der Waals surface area (Å²) in [5.74, 6) is 0.636. The summed E-state index contributed by atoms with van der Waals surface area (Å²) >= 11 is 0. The van der Waals surface area contributed by atoms with Crippen molar-refractivity contribution in [3.8, 4) is 0 Å². The van der Waals surface area contributed by atoms with Gasteiger partial charge in [-0.1, -0.05) is 13.8 Å². The maximum atomic E-state index is 13.5. The number of fused-ring (bicyclic) bond motifs is 1. The van der Waals surface area contributed by atoms with Gasteiger partial charge in [0.1, 0.15) is 17.5 Å². The zero-order chi connectivity index (χ0) is 16.6. The Morgan fingerprint density at radius 3 is 2.48 bits per heavy atom. The van der Waals surface area contributed by atoms with Crippen LogP contribution in [0.15, 0.2) is 9.59 Å². The molecule has 2 unspecified atom stereocenters. The minimum absolute atomic E-state index is 0.00148. The zero-order valence-electron chi connectivity index (χ0n) is 13.6. The third-order valence-electron chi connectivity index (χ3n) is 4.53. The van der Waals surface area contributed by atoms with Crippen molar-refractivity contribution in [1.29, 1.82) is 0 Å². The molecule has 1 fully saturated rings. The number of aromatic amines is 1. The molecule has 23 heavy (non-hydrogen) atoms. The molecule has 7 heteroatoms. The summed E-state index contributed by atoms with van der Waals surface area (Å²) in [5.41, 5.74) is 0.141. The molecule has 1 aliphatic carbocycles. The molecule has 1 saturated carbocycles. The van der Waals surface area contributed by atoms with Crippen LogP contribution in [0.2, 0.25) is 0 Å². The summed E-state index contributed by atoms with van der Waals surface area (Å²) in [6, 6.07) is 0. The highest BCUT2D eigenvalue weighted by Crippen LogP contribution is 2.34. The van der Waals surface area contributed by atoms with E-state index in [1.807, 2.05) is 13.8 Å². The summed E-state index contributed by atoms with van der Waals surface area (Å²) in [6.07, 6.45) is 2.37. The molecule has 0 bridgehead atoms. The molecule has 0 aromatic carbocycles. The van der Waals surface area contributed by atoms with E-state index in [9.17, 15) is 14.0 Å². The van der Waals surface area contributed by atoms with Crippen molar-refractivity contribution in [2.24, 2.45) is 0 Å². The lowest BCUT2D eigenvalue weighted by Crippen LogP contribution is -2.40. The highest BCUT2D eigenvalue weighted by molar-refractivity contribution is 5.70. The number of rotatable bonds is 5. The van der Waals surface area contributed by atoms with E-state index in [1.54, 1.807) is 4.57 Å². The Bertz CT molecular complexity index is 820. The second kappa shape index (κ2) is 6.29. The van der Waals surface area contributed by atoms with Crippen molar-refractivity contribution in [3.05, 3.63) is 26.7 Å². The van der Waals surface area contributed by atoms with Crippen LogP contribution in [0.3, 0.4) is 0 Å². The lowest BCUT2D eigenvalue weighted by molar-refractivity contribution is 0.338. The van der Waals surface area contributed by atoms with Gasteiger partial charge in [-0.15, -0.1) is 0 Å². The molecular formula is C16H23FN4O2. The topological polar surface area (TPSA) is 72.7 Å². The predicted molar refractivity (Wildman–Crippen MR) is 86.7 cm³/mol. The van der Waals surface area contributed by atoms with Crippen molar-refractivity contribution in [2.75, 3.05) is 0 Å². The fourth-order valence-corrected chi connectivity index (χ4v) is 3.40. The molecule has 0 spiro atoms. The maximum absolute atomic E-state index is 13.5. The van der Waals surface area contributed by atoms with Gasteiger partial charge in [0.25, 0.3) is 5.56 Å². The minimum Gasteiger partial charge on any atom is -0.336 e. The third kappa shape index (κ3) is 2.72. The largest absolute Gasteiger partial charge is 0.336 e. The number of hydrogen-bond acceptors (Lipinski definition) is 3. The molecule has 0 saturated heterocycles. The van der Waals surface area contributed by atoms with E-state index < -0.39 is 6.17 Å². The van der Waals surface area contributed by atoms with Gasteiger partial charge in [-0.25, -0.2) is 14.2 Å². The van der Waals surface area contributed by atoms with Gasteiger partial charge in [0, 0.05) is 19.0 Å². The fraction of sp³-hybridized carbons (Fsp3) is 0.688. The number of nitrogens with zero attached hydrogens (tertiary/aromatic N) is 3. The van der Waals surface area contributed by atoms with E-state index in [4.69, 9.17) is 0 Å². The Morgan fingerprint density at radius 2 is 1.87 bits per heavy atom. The van der Waals surface area contributed by atoms with Crippen LogP contribution in [0.4, 0.5) is 4.39 Å². The summed E-state index contributed by atoms with van der Waals surface area (Å²) in [4.78, 5) is 32.7. The van der Waals surface area contributed by atoms with E-state index >= 15 is 0 Å². The second-order valence-corrected chi connectivity index (χ2v) is 6.32. The van der Waals surface area contributed by atoms with Crippen LogP contribution in [-0.2, 0) is 13.1 Å². The van der Waals surface area contributed by atoms with Gasteiger partial charge >= 0.3 is 5.69 Å². The highest BCUT2D eigenvalue weighted by atomic mass is 19.1. The molecule has 6 nitrogen and oxygen atoms in total. The molecule has 2 aromatic heterocycles. The summed E-state index contributed by atoms with van der Waals surface area (Å²) in [7, 11) is 0. The standard InChI is InChI=1S/C16H23FN4O2/c1-3-7-20-14-12(15(22)21(8-4-2)16(20)23)18-13(19-14)10-5-6-11(17)9-10/h10-11H,3-9H2,1-2H3,(H,18,19). The van der Waals surface area contributed by atoms with Crippen LogP contribution < -0.4 is 11.2 Å². The minimum atomic E-state index is -0.803. The number of alkyl halides is 1. The average molecular weight is 322 g/mol. The number of halogens is 1. The smallest absolute Gasteiger partial charge is 0.332 e. The van der Waals surface area contributed by atoms with Gasteiger partial charge in [-0.2, -0.15) is 0 Å². The molecular weight excluding hydrogens is 299 g/mol. The number of aryl methyl sites for hydroxylation is 1. The monoisotopic (exact) mass is 322 g/mol. The quantitative estimate of drug-likeness (QED) is 0.918. The van der Waals surface area contributed by atoms with Gasteiger partial charge in [-0.3, -0.25) is 13.9 Å². The highest BCUT2D eigenvalue weighted by Gasteiger charge is 2.29. The Labute approximate surface area is 133 Å². The molecule has 1 N–H and O–H groups in total. The summed E-state index contributed by atoms with van der Waals surface area (Å²) < 4.78 is 16.3. The van der Waals surface area contributed by atoms with Crippen LogP contribution in [-0.4, -0.2) is 25.3 Å². The van der Waals surface area contributed by atoms with Gasteiger partial charge < -0.3 is 4.98 Å². The Hall–Kier alpha value is -1.92. The maximum Gasteiger partial charge on any atom is 0.332 e. The molecule has 0 radical (unpaired) electrons. The molecule has 2 aromatic rings. The zero-order valence-corrected chi connectivity index (χ0v) is 13.6. The first-order chi connectivity index (χ1) is 11.1. The van der Waals surface area contributed by atoms with E-state index in [-0.39, 0.29) is 17.2 Å². The first-order valence-corrected chi connectivity index (χ1v) is 8.44. The van der Waals surface area contributed by atoms with Crippen molar-refractivity contribution in [2.45, 2.75) is 71.1 Å². The van der Waals surface area contributed by atoms with E-state index in [0.29, 0.717) is 49.3 Å². The van der Waals surface area contributed by atoms with Crippen molar-refractivity contribution in [3.63, 3.8) is 0 Å². The number of H-pyrrole nitrogens is 1. The molecule has 126 valence electrons. The number of nitrogens with one attached hydrogen (secondary N) is 1. The van der Waals surface area contributed by atoms with Gasteiger partial charge in [0.05, 0.1) is 0 Å². The van der Waals surface area contributed by atoms with Gasteiger partial charge in [0.15, 0.2) is 5.65 Å². The van der Waals surface area contributed by atoms with Crippen LogP contribution in [0.5, 0.6) is 0 Å². The molecule has 1 aliphatic rings. The first-order valence-electron chi connectivity index (χ1n) is 8.44. The van der Waals surface area contributed by atoms with Gasteiger partial charge in [-0.05, 0) is 32.1 Å². The average Bonchev–Trinajstić information content (AvgIpc) is 3.14. The predicted octanol–water partition coefficient (Wildman–Crippen LogP) is 2.31. The number of imidazole rings is 1. The molecule has 0 amide bonds. The van der Waals surface area contributed by atoms with Gasteiger partial charge in [0.2, 0.25) is 0 Å². The Kier molecular flexibility index (Phi) is 4.37. The normalized spacial score (nSPS) is 21.3. The van der Waals surface area contributed by atoms with Crippen LogP contribution in [0.25, 0.3) is 11.2 Å². The molecule has 2 atom stereocenters. The van der Waals surface area contributed by atoms with Crippen LogP contribution in [0.1, 0.15) is 57.7 Å². The van der Waals surface area contributed by atoms with E-state index in [1.165, 1.54) is 4.57 Å².